The molecule has 1 unspecified atom stereocenters. The fourth-order valence-corrected chi connectivity index (χ4v) is 2.65. The molecule has 1 aromatic rings. The van der Waals surface area contributed by atoms with Crippen LogP contribution in [0.2, 0.25) is 0 Å². The van der Waals surface area contributed by atoms with E-state index in [2.05, 4.69) is 10.6 Å². The lowest BCUT2D eigenvalue weighted by atomic mass is 10.3. The molecule has 0 aliphatic rings. The van der Waals surface area contributed by atoms with Gasteiger partial charge in [-0.25, -0.2) is 13.1 Å². The van der Waals surface area contributed by atoms with Crippen LogP contribution in [0.25, 0.3) is 0 Å². The second-order valence-electron chi connectivity index (χ2n) is 3.47. The van der Waals surface area contributed by atoms with E-state index in [-0.39, 0.29) is 16.6 Å². The first kappa shape index (κ1) is 12.6. The SMILES string of the molecule is C#CCC(C)NS(=O)(=O)c1ccccc1N. The molecule has 0 amide bonds. The second-order valence-corrected chi connectivity index (χ2v) is 5.15. The number of benzene rings is 1. The molecule has 0 aliphatic carbocycles. The molecule has 0 aromatic heterocycles. The van der Waals surface area contributed by atoms with Crippen LogP contribution in [0.1, 0.15) is 13.3 Å². The molecule has 1 rings (SSSR count). The first-order chi connectivity index (χ1) is 7.47. The van der Waals surface area contributed by atoms with Crippen molar-refractivity contribution in [2.24, 2.45) is 0 Å². The summed E-state index contributed by atoms with van der Waals surface area (Å²) < 4.78 is 26.2. The number of anilines is 1. The van der Waals surface area contributed by atoms with Gasteiger partial charge in [0.15, 0.2) is 0 Å². The van der Waals surface area contributed by atoms with Crippen molar-refractivity contribution in [1.82, 2.24) is 4.72 Å². The van der Waals surface area contributed by atoms with Gasteiger partial charge in [-0.1, -0.05) is 12.1 Å². The average molecular weight is 238 g/mol. The monoisotopic (exact) mass is 238 g/mol. The van der Waals surface area contributed by atoms with E-state index in [1.54, 1.807) is 25.1 Å². The summed E-state index contributed by atoms with van der Waals surface area (Å²) in [7, 11) is -3.58. The van der Waals surface area contributed by atoms with E-state index in [9.17, 15) is 8.42 Å². The van der Waals surface area contributed by atoms with Crippen LogP contribution in [-0.4, -0.2) is 14.5 Å². The number of hydrogen-bond donors (Lipinski definition) is 2. The molecule has 5 heteroatoms. The van der Waals surface area contributed by atoms with Gasteiger partial charge in [0.05, 0.1) is 5.69 Å². The van der Waals surface area contributed by atoms with E-state index in [0.29, 0.717) is 6.42 Å². The number of sulfonamides is 1. The minimum atomic E-state index is -3.58. The Morgan fingerprint density at radius 1 is 1.50 bits per heavy atom. The highest BCUT2D eigenvalue weighted by Crippen LogP contribution is 2.17. The molecule has 1 aromatic carbocycles. The summed E-state index contributed by atoms with van der Waals surface area (Å²) >= 11 is 0. The van der Waals surface area contributed by atoms with Gasteiger partial charge in [0.25, 0.3) is 0 Å². The maximum atomic E-state index is 11.9. The maximum Gasteiger partial charge on any atom is 0.242 e. The van der Waals surface area contributed by atoms with Gasteiger partial charge in [0.2, 0.25) is 10.0 Å². The van der Waals surface area contributed by atoms with Gasteiger partial charge in [-0.2, -0.15) is 0 Å². The van der Waals surface area contributed by atoms with E-state index in [0.717, 1.165) is 0 Å². The van der Waals surface area contributed by atoms with E-state index >= 15 is 0 Å². The van der Waals surface area contributed by atoms with Crippen molar-refractivity contribution in [3.05, 3.63) is 24.3 Å². The average Bonchev–Trinajstić information content (AvgIpc) is 2.17. The minimum Gasteiger partial charge on any atom is -0.398 e. The molecule has 4 nitrogen and oxygen atoms in total. The number of nitrogens with two attached hydrogens (primary N) is 1. The predicted octanol–water partition coefficient (Wildman–Crippen LogP) is 0.959. The van der Waals surface area contributed by atoms with Crippen molar-refractivity contribution in [2.45, 2.75) is 24.3 Å². The molecular formula is C11H14N2O2S. The topological polar surface area (TPSA) is 72.2 Å². The van der Waals surface area contributed by atoms with Gasteiger partial charge in [0, 0.05) is 12.5 Å². The largest absolute Gasteiger partial charge is 0.398 e. The van der Waals surface area contributed by atoms with E-state index in [1.165, 1.54) is 6.07 Å². The molecule has 0 bridgehead atoms. The molecule has 0 radical (unpaired) electrons. The lowest BCUT2D eigenvalue weighted by Gasteiger charge is -2.12. The Morgan fingerprint density at radius 2 is 2.12 bits per heavy atom. The molecule has 86 valence electrons. The summed E-state index contributed by atoms with van der Waals surface area (Å²) in [5.41, 5.74) is 5.82. The first-order valence-electron chi connectivity index (χ1n) is 4.77. The van der Waals surface area contributed by atoms with Crippen LogP contribution in [0.3, 0.4) is 0 Å². The van der Waals surface area contributed by atoms with E-state index in [1.807, 2.05) is 0 Å². The Labute approximate surface area is 95.9 Å². The van der Waals surface area contributed by atoms with Gasteiger partial charge in [-0.05, 0) is 19.1 Å². The van der Waals surface area contributed by atoms with Crippen molar-refractivity contribution >= 4 is 15.7 Å². The van der Waals surface area contributed by atoms with E-state index < -0.39 is 10.0 Å². The van der Waals surface area contributed by atoms with Crippen LogP contribution >= 0.6 is 0 Å². The maximum absolute atomic E-state index is 11.9. The molecule has 16 heavy (non-hydrogen) atoms. The normalized spacial score (nSPS) is 13.0. The Morgan fingerprint density at radius 3 is 2.69 bits per heavy atom. The number of hydrogen-bond acceptors (Lipinski definition) is 3. The lowest BCUT2D eigenvalue weighted by Crippen LogP contribution is -2.32. The second kappa shape index (κ2) is 5.01. The lowest BCUT2D eigenvalue weighted by molar-refractivity contribution is 0.564. The zero-order chi connectivity index (χ0) is 12.2. The Hall–Kier alpha value is -1.51. The van der Waals surface area contributed by atoms with Crippen LogP contribution in [0.15, 0.2) is 29.2 Å². The summed E-state index contributed by atoms with van der Waals surface area (Å²) in [5, 5.41) is 0. The Bertz CT molecular complexity index is 503. The molecule has 0 spiro atoms. The number of para-hydroxylation sites is 1. The van der Waals surface area contributed by atoms with Gasteiger partial charge in [0.1, 0.15) is 4.90 Å². The van der Waals surface area contributed by atoms with Crippen LogP contribution in [0.5, 0.6) is 0 Å². The third kappa shape index (κ3) is 2.99. The van der Waals surface area contributed by atoms with Crippen molar-refractivity contribution in [3.8, 4) is 12.3 Å². The quantitative estimate of drug-likeness (QED) is 0.606. The molecule has 0 heterocycles. The minimum absolute atomic E-state index is 0.0823. The van der Waals surface area contributed by atoms with Gasteiger partial charge >= 0.3 is 0 Å². The number of nitrogen functional groups attached to an aromatic ring is 1. The fourth-order valence-electron chi connectivity index (χ4n) is 1.27. The molecular weight excluding hydrogens is 224 g/mol. The fraction of sp³-hybridized carbons (Fsp3) is 0.273. The van der Waals surface area contributed by atoms with Crippen LogP contribution in [0.4, 0.5) is 5.69 Å². The van der Waals surface area contributed by atoms with Crippen LogP contribution in [0, 0.1) is 12.3 Å². The molecule has 0 saturated carbocycles. The summed E-state index contributed by atoms with van der Waals surface area (Å²) in [6, 6.07) is 5.99. The Balaban J connectivity index is 2.96. The number of terminal acetylenes is 1. The number of rotatable bonds is 4. The van der Waals surface area contributed by atoms with E-state index in [4.69, 9.17) is 12.2 Å². The first-order valence-corrected chi connectivity index (χ1v) is 6.26. The van der Waals surface area contributed by atoms with Crippen molar-refractivity contribution in [2.75, 3.05) is 5.73 Å². The smallest absolute Gasteiger partial charge is 0.242 e. The molecule has 0 fully saturated rings. The molecule has 0 saturated heterocycles. The predicted molar refractivity (Wildman–Crippen MR) is 64.1 cm³/mol. The zero-order valence-corrected chi connectivity index (χ0v) is 9.79. The van der Waals surface area contributed by atoms with Gasteiger partial charge in [-0.3, -0.25) is 0 Å². The standard InChI is InChI=1S/C11H14N2O2S/c1-3-6-9(2)13-16(14,15)11-8-5-4-7-10(11)12/h1,4-5,7-9,13H,6,12H2,2H3. The van der Waals surface area contributed by atoms with Crippen molar-refractivity contribution in [1.29, 1.82) is 0 Å². The molecule has 1 atom stereocenters. The van der Waals surface area contributed by atoms with Gasteiger partial charge in [-0.15, -0.1) is 12.3 Å². The zero-order valence-electron chi connectivity index (χ0n) is 8.97. The molecule has 3 N–H and O–H groups in total. The third-order valence-electron chi connectivity index (χ3n) is 1.99. The highest BCUT2D eigenvalue weighted by atomic mass is 32.2. The van der Waals surface area contributed by atoms with Gasteiger partial charge < -0.3 is 5.73 Å². The van der Waals surface area contributed by atoms with Crippen LogP contribution < -0.4 is 10.5 Å². The van der Waals surface area contributed by atoms with Crippen LogP contribution in [-0.2, 0) is 10.0 Å². The van der Waals surface area contributed by atoms with Crippen molar-refractivity contribution in [3.63, 3.8) is 0 Å². The Kier molecular flexibility index (Phi) is 3.93. The highest BCUT2D eigenvalue weighted by Gasteiger charge is 2.18. The number of nitrogens with one attached hydrogen (secondary N) is 1. The summed E-state index contributed by atoms with van der Waals surface area (Å²) in [6.45, 7) is 1.70. The molecule has 0 aliphatic heterocycles. The highest BCUT2D eigenvalue weighted by molar-refractivity contribution is 7.89. The third-order valence-corrected chi connectivity index (χ3v) is 3.65. The van der Waals surface area contributed by atoms with Crippen molar-refractivity contribution < 1.29 is 8.42 Å². The summed E-state index contributed by atoms with van der Waals surface area (Å²) in [5.74, 6) is 2.40. The summed E-state index contributed by atoms with van der Waals surface area (Å²) in [6.07, 6.45) is 5.45. The summed E-state index contributed by atoms with van der Waals surface area (Å²) in [4.78, 5) is 0.0823.